The van der Waals surface area contributed by atoms with Crippen molar-refractivity contribution >= 4 is 11.6 Å². The van der Waals surface area contributed by atoms with Crippen molar-refractivity contribution < 1.29 is 9.18 Å². The number of hydrogen-bond donors (Lipinski definition) is 0. The van der Waals surface area contributed by atoms with Crippen LogP contribution in [0.15, 0.2) is 79.3 Å². The molecule has 5 nitrogen and oxygen atoms in total. The molecule has 0 atom stereocenters. The van der Waals surface area contributed by atoms with Crippen LogP contribution in [0.2, 0.25) is 0 Å². The Kier molecular flexibility index (Phi) is 3.83. The molecular formula is C22H17FN4O. The van der Waals surface area contributed by atoms with Crippen LogP contribution in [0.5, 0.6) is 0 Å². The number of hydrogen-bond acceptors (Lipinski definition) is 2. The Bertz CT molecular complexity index is 1150. The van der Waals surface area contributed by atoms with Gasteiger partial charge in [-0.3, -0.25) is 4.79 Å². The van der Waals surface area contributed by atoms with Gasteiger partial charge in [0.15, 0.2) is 5.82 Å². The second-order valence-electron chi connectivity index (χ2n) is 6.70. The molecule has 2 aromatic heterocycles. The van der Waals surface area contributed by atoms with Crippen molar-refractivity contribution in [2.45, 2.75) is 6.42 Å². The normalized spacial score (nSPS) is 13.0. The summed E-state index contributed by atoms with van der Waals surface area (Å²) in [7, 11) is 0. The van der Waals surface area contributed by atoms with Crippen LogP contribution < -0.4 is 4.90 Å². The number of fused-ring (bicyclic) bond motifs is 1. The number of para-hydroxylation sites is 1. The van der Waals surface area contributed by atoms with Crippen LogP contribution in [-0.2, 0) is 6.42 Å². The number of aromatic nitrogens is 3. The van der Waals surface area contributed by atoms with Crippen LogP contribution in [-0.4, -0.2) is 26.8 Å². The van der Waals surface area contributed by atoms with Crippen LogP contribution in [0, 0.1) is 5.82 Å². The van der Waals surface area contributed by atoms with Crippen molar-refractivity contribution in [3.63, 3.8) is 0 Å². The first-order valence-corrected chi connectivity index (χ1v) is 9.09. The standard InChI is InChI=1S/C22H17FN4O/c23-17-7-9-18(10-8-17)27-21(25-12-3-4-13-25)19(15-24-27)22(28)26-14-11-16-5-1-2-6-20(16)26/h1-10,12-13,15H,11,14H2. The predicted molar refractivity (Wildman–Crippen MR) is 105 cm³/mol. The molecule has 28 heavy (non-hydrogen) atoms. The molecule has 0 aliphatic carbocycles. The highest BCUT2D eigenvalue weighted by Gasteiger charge is 2.29. The van der Waals surface area contributed by atoms with Gasteiger partial charge in [-0.25, -0.2) is 9.07 Å². The quantitative estimate of drug-likeness (QED) is 0.545. The second kappa shape index (κ2) is 6.49. The van der Waals surface area contributed by atoms with Crippen LogP contribution >= 0.6 is 0 Å². The molecule has 2 aromatic carbocycles. The number of rotatable bonds is 3. The molecule has 1 amide bonds. The first-order chi connectivity index (χ1) is 13.7. The Balaban J connectivity index is 1.63. The van der Waals surface area contributed by atoms with E-state index in [1.54, 1.807) is 27.9 Å². The minimum atomic E-state index is -0.316. The van der Waals surface area contributed by atoms with E-state index in [1.807, 2.05) is 47.3 Å². The number of carbonyl (C=O) groups is 1. The molecule has 0 bridgehead atoms. The van der Waals surface area contributed by atoms with Crippen molar-refractivity contribution in [2.75, 3.05) is 11.4 Å². The molecule has 0 saturated carbocycles. The van der Waals surface area contributed by atoms with Crippen LogP contribution in [0.25, 0.3) is 11.5 Å². The fourth-order valence-corrected chi connectivity index (χ4v) is 3.68. The van der Waals surface area contributed by atoms with E-state index in [4.69, 9.17) is 0 Å². The van der Waals surface area contributed by atoms with Gasteiger partial charge in [-0.2, -0.15) is 5.10 Å². The number of amides is 1. The maximum Gasteiger partial charge on any atom is 0.263 e. The maximum atomic E-state index is 13.4. The average molecular weight is 372 g/mol. The zero-order valence-electron chi connectivity index (χ0n) is 15.0. The molecule has 0 radical (unpaired) electrons. The van der Waals surface area contributed by atoms with E-state index in [1.165, 1.54) is 17.7 Å². The van der Waals surface area contributed by atoms with E-state index >= 15 is 0 Å². The van der Waals surface area contributed by atoms with E-state index in [9.17, 15) is 9.18 Å². The molecule has 0 unspecified atom stereocenters. The highest BCUT2D eigenvalue weighted by atomic mass is 19.1. The summed E-state index contributed by atoms with van der Waals surface area (Å²) in [4.78, 5) is 15.2. The second-order valence-corrected chi connectivity index (χ2v) is 6.70. The summed E-state index contributed by atoms with van der Waals surface area (Å²) in [6, 6.07) is 17.8. The highest BCUT2D eigenvalue weighted by Crippen LogP contribution is 2.30. The number of nitrogens with zero attached hydrogens (tertiary/aromatic N) is 4. The van der Waals surface area contributed by atoms with Gasteiger partial charge in [-0.15, -0.1) is 0 Å². The molecule has 4 aromatic rings. The summed E-state index contributed by atoms with van der Waals surface area (Å²) in [5.74, 6) is 0.219. The predicted octanol–water partition coefficient (Wildman–Crippen LogP) is 4.01. The van der Waals surface area contributed by atoms with Gasteiger partial charge >= 0.3 is 0 Å². The van der Waals surface area contributed by atoms with Crippen molar-refractivity contribution in [1.29, 1.82) is 0 Å². The summed E-state index contributed by atoms with van der Waals surface area (Å²) >= 11 is 0. The van der Waals surface area contributed by atoms with Crippen LogP contribution in [0.3, 0.4) is 0 Å². The largest absolute Gasteiger partial charge is 0.308 e. The number of benzene rings is 2. The van der Waals surface area contributed by atoms with E-state index in [0.29, 0.717) is 23.6 Å². The number of halogens is 1. The lowest BCUT2D eigenvalue weighted by Gasteiger charge is -2.18. The molecule has 1 aliphatic rings. The van der Waals surface area contributed by atoms with Crippen molar-refractivity contribution in [1.82, 2.24) is 14.3 Å². The van der Waals surface area contributed by atoms with Crippen molar-refractivity contribution in [3.05, 3.63) is 96.2 Å². The van der Waals surface area contributed by atoms with Crippen molar-refractivity contribution in [2.24, 2.45) is 0 Å². The Morgan fingerprint density at radius 2 is 1.71 bits per heavy atom. The van der Waals surface area contributed by atoms with Gasteiger partial charge in [0.2, 0.25) is 0 Å². The van der Waals surface area contributed by atoms with Crippen LogP contribution in [0.1, 0.15) is 15.9 Å². The highest BCUT2D eigenvalue weighted by molar-refractivity contribution is 6.09. The molecule has 138 valence electrons. The Morgan fingerprint density at radius 3 is 2.50 bits per heavy atom. The van der Waals surface area contributed by atoms with Gasteiger partial charge in [0.05, 0.1) is 11.9 Å². The molecule has 6 heteroatoms. The number of carbonyl (C=O) groups excluding carboxylic acids is 1. The molecule has 0 saturated heterocycles. The summed E-state index contributed by atoms with van der Waals surface area (Å²) in [5.41, 5.74) is 3.30. The molecule has 1 aliphatic heterocycles. The van der Waals surface area contributed by atoms with Crippen LogP contribution in [0.4, 0.5) is 10.1 Å². The summed E-state index contributed by atoms with van der Waals surface area (Å²) < 4.78 is 16.9. The summed E-state index contributed by atoms with van der Waals surface area (Å²) in [6.07, 6.45) is 6.16. The van der Waals surface area contributed by atoms with Gasteiger partial charge in [0.1, 0.15) is 11.4 Å². The SMILES string of the molecule is O=C(c1cnn(-c2ccc(F)cc2)c1-n1cccc1)N1CCc2ccccc21. The van der Waals surface area contributed by atoms with E-state index in [2.05, 4.69) is 11.2 Å². The topological polar surface area (TPSA) is 43.1 Å². The molecule has 0 fully saturated rings. The third kappa shape index (κ3) is 2.62. The molecule has 0 spiro atoms. The van der Waals surface area contributed by atoms with Crippen molar-refractivity contribution in [3.8, 4) is 11.5 Å². The zero-order valence-corrected chi connectivity index (χ0v) is 15.0. The zero-order chi connectivity index (χ0) is 19.1. The lowest BCUT2D eigenvalue weighted by atomic mass is 10.2. The Labute approximate surface area is 161 Å². The molecular weight excluding hydrogens is 355 g/mol. The molecule has 3 heterocycles. The van der Waals surface area contributed by atoms with E-state index < -0.39 is 0 Å². The summed E-state index contributed by atoms with van der Waals surface area (Å²) in [5, 5.41) is 4.45. The Morgan fingerprint density at radius 1 is 0.964 bits per heavy atom. The first-order valence-electron chi connectivity index (χ1n) is 9.09. The fraction of sp³-hybridized carbons (Fsp3) is 0.0909. The van der Waals surface area contributed by atoms with E-state index in [-0.39, 0.29) is 11.7 Å². The minimum absolute atomic E-state index is 0.0954. The molecule has 0 N–H and O–H groups in total. The Hall–Kier alpha value is -3.67. The average Bonchev–Trinajstić information content (AvgIpc) is 3.46. The van der Waals surface area contributed by atoms with E-state index in [0.717, 1.165) is 12.1 Å². The van der Waals surface area contributed by atoms with Gasteiger partial charge < -0.3 is 9.47 Å². The maximum absolute atomic E-state index is 13.4. The van der Waals surface area contributed by atoms with Gasteiger partial charge in [-0.05, 0) is 54.4 Å². The third-order valence-electron chi connectivity index (χ3n) is 5.03. The summed E-state index contributed by atoms with van der Waals surface area (Å²) in [6.45, 7) is 0.644. The van der Waals surface area contributed by atoms with Gasteiger partial charge in [0.25, 0.3) is 5.91 Å². The smallest absolute Gasteiger partial charge is 0.263 e. The fourth-order valence-electron chi connectivity index (χ4n) is 3.68. The first kappa shape index (κ1) is 16.5. The molecule has 5 rings (SSSR count). The third-order valence-corrected chi connectivity index (χ3v) is 5.03. The lowest BCUT2D eigenvalue weighted by molar-refractivity contribution is 0.0989. The lowest BCUT2D eigenvalue weighted by Crippen LogP contribution is -2.29. The monoisotopic (exact) mass is 372 g/mol. The number of anilines is 1. The van der Waals surface area contributed by atoms with Gasteiger partial charge in [-0.1, -0.05) is 18.2 Å². The minimum Gasteiger partial charge on any atom is -0.308 e. The van der Waals surface area contributed by atoms with Gasteiger partial charge in [0, 0.05) is 24.6 Å².